The molecule has 68 valence electrons. The minimum Gasteiger partial charge on any atom is -0.296 e. The Bertz CT molecular complexity index is 113. The molecule has 0 radical (unpaired) electrons. The second-order valence-corrected chi connectivity index (χ2v) is 4.36. The quantitative estimate of drug-likeness (QED) is 0.522. The van der Waals surface area contributed by atoms with Crippen LogP contribution < -0.4 is 0 Å². The van der Waals surface area contributed by atoms with E-state index in [1.54, 1.807) is 0 Å². The molecule has 1 unspecified atom stereocenters. The Morgan fingerprint density at radius 3 is 2.00 bits per heavy atom. The summed E-state index contributed by atoms with van der Waals surface area (Å²) in [6.45, 7) is 10.5. The molecular weight excluding hydrogens is 134 g/mol. The van der Waals surface area contributed by atoms with Gasteiger partial charge in [0.1, 0.15) is 0 Å². The Labute approximate surface area is 71.8 Å². The van der Waals surface area contributed by atoms with Crippen LogP contribution in [0.5, 0.6) is 0 Å². The van der Waals surface area contributed by atoms with Crippen LogP contribution in [0.4, 0.5) is 0 Å². The van der Waals surface area contributed by atoms with Crippen molar-refractivity contribution in [2.45, 2.75) is 59.5 Å². The first-order chi connectivity index (χ1) is 4.52. The number of rotatable bonds is 0. The van der Waals surface area contributed by atoms with Crippen LogP contribution in [-0.2, 0) is 0 Å². The van der Waals surface area contributed by atoms with Crippen molar-refractivity contribution in [2.75, 3.05) is 6.54 Å². The Hall–Kier alpha value is -0.0400. The maximum absolute atomic E-state index is 2.59. The van der Waals surface area contributed by atoms with Gasteiger partial charge >= 0.3 is 0 Å². The number of likely N-dealkylation sites (tertiary alicyclic amines) is 1. The fraction of sp³-hybridized carbons (Fsp3) is 1.00. The molecule has 1 heterocycles. The molecule has 1 nitrogen and oxygen atoms in total. The molecule has 0 aromatic heterocycles. The van der Waals surface area contributed by atoms with E-state index in [2.05, 4.69) is 32.6 Å². The summed E-state index contributed by atoms with van der Waals surface area (Å²) in [4.78, 5) is 2.59. The normalized spacial score (nSPS) is 26.7. The van der Waals surface area contributed by atoms with E-state index >= 15 is 0 Å². The molecule has 0 N–H and O–H groups in total. The largest absolute Gasteiger partial charge is 0.296 e. The highest BCUT2D eigenvalue weighted by Crippen LogP contribution is 2.25. The molecule has 0 saturated carbocycles. The summed E-state index contributed by atoms with van der Waals surface area (Å²) in [5.41, 5.74) is 0.385. The molecule has 1 fully saturated rings. The summed E-state index contributed by atoms with van der Waals surface area (Å²) in [5.74, 6) is 0. The van der Waals surface area contributed by atoms with Gasteiger partial charge < -0.3 is 0 Å². The zero-order chi connectivity index (χ0) is 7.78. The molecule has 0 amide bonds. The Kier molecular flexibility index (Phi) is 3.56. The van der Waals surface area contributed by atoms with E-state index in [4.69, 9.17) is 0 Å². The van der Waals surface area contributed by atoms with Gasteiger partial charge in [0.25, 0.3) is 0 Å². The van der Waals surface area contributed by atoms with Gasteiger partial charge in [0.15, 0.2) is 0 Å². The summed E-state index contributed by atoms with van der Waals surface area (Å²) in [5, 5.41) is 0. The highest BCUT2D eigenvalue weighted by atomic mass is 15.2. The summed E-state index contributed by atoms with van der Waals surface area (Å²) in [6.07, 6.45) is 2.77. The summed E-state index contributed by atoms with van der Waals surface area (Å²) in [6, 6.07) is 0.806. The molecule has 1 rings (SSSR count). The molecule has 1 saturated heterocycles. The standard InChI is InChI=1S/C9H19N.CH4/c1-8-6-5-7-10(8)9(2,3)4;/h8H,5-7H2,1-4H3;1H4. The van der Waals surface area contributed by atoms with Crippen LogP contribution in [0.25, 0.3) is 0 Å². The van der Waals surface area contributed by atoms with Crippen molar-refractivity contribution in [2.24, 2.45) is 0 Å². The summed E-state index contributed by atoms with van der Waals surface area (Å²) in [7, 11) is 0. The molecule has 0 spiro atoms. The van der Waals surface area contributed by atoms with E-state index in [9.17, 15) is 0 Å². The van der Waals surface area contributed by atoms with Gasteiger partial charge in [-0.25, -0.2) is 0 Å². The SMILES string of the molecule is C.CC1CCCN1C(C)(C)C. The van der Waals surface area contributed by atoms with E-state index in [0.717, 1.165) is 6.04 Å². The van der Waals surface area contributed by atoms with Gasteiger partial charge in [-0.3, -0.25) is 4.90 Å². The predicted octanol–water partition coefficient (Wildman–Crippen LogP) is 2.91. The van der Waals surface area contributed by atoms with Crippen molar-refractivity contribution >= 4 is 0 Å². The lowest BCUT2D eigenvalue weighted by molar-refractivity contribution is 0.130. The third-order valence-electron chi connectivity index (χ3n) is 2.41. The van der Waals surface area contributed by atoms with Gasteiger partial charge in [0.2, 0.25) is 0 Å². The average Bonchev–Trinajstić information content (AvgIpc) is 2.11. The van der Waals surface area contributed by atoms with Gasteiger partial charge in [-0.1, -0.05) is 7.43 Å². The molecule has 1 aliphatic rings. The summed E-state index contributed by atoms with van der Waals surface area (Å²) < 4.78 is 0. The Morgan fingerprint density at radius 1 is 1.27 bits per heavy atom. The van der Waals surface area contributed by atoms with E-state index in [1.165, 1.54) is 19.4 Å². The number of nitrogens with zero attached hydrogens (tertiary/aromatic N) is 1. The first-order valence-corrected chi connectivity index (χ1v) is 4.28. The lowest BCUT2D eigenvalue weighted by atomic mass is 10.1. The third-order valence-corrected chi connectivity index (χ3v) is 2.41. The first-order valence-electron chi connectivity index (χ1n) is 4.28. The van der Waals surface area contributed by atoms with Gasteiger partial charge in [0, 0.05) is 11.6 Å². The van der Waals surface area contributed by atoms with Crippen molar-refractivity contribution in [3.8, 4) is 0 Å². The van der Waals surface area contributed by atoms with Gasteiger partial charge in [-0.2, -0.15) is 0 Å². The third kappa shape index (κ3) is 2.48. The fourth-order valence-electron chi connectivity index (χ4n) is 1.93. The topological polar surface area (TPSA) is 3.24 Å². The summed E-state index contributed by atoms with van der Waals surface area (Å²) >= 11 is 0. The van der Waals surface area contributed by atoms with Crippen molar-refractivity contribution in [3.63, 3.8) is 0 Å². The lowest BCUT2D eigenvalue weighted by Crippen LogP contribution is -2.43. The monoisotopic (exact) mass is 157 g/mol. The number of hydrogen-bond donors (Lipinski definition) is 0. The first kappa shape index (κ1) is 11.0. The molecule has 0 aliphatic carbocycles. The van der Waals surface area contributed by atoms with Crippen molar-refractivity contribution in [3.05, 3.63) is 0 Å². The van der Waals surface area contributed by atoms with Crippen LogP contribution >= 0.6 is 0 Å². The average molecular weight is 157 g/mol. The Morgan fingerprint density at radius 2 is 1.82 bits per heavy atom. The predicted molar refractivity (Wildman–Crippen MR) is 51.9 cm³/mol. The van der Waals surface area contributed by atoms with Crippen molar-refractivity contribution in [1.82, 2.24) is 4.90 Å². The molecule has 0 bridgehead atoms. The zero-order valence-corrected chi connectivity index (χ0v) is 7.65. The minimum absolute atomic E-state index is 0. The van der Waals surface area contributed by atoms with E-state index in [-0.39, 0.29) is 7.43 Å². The molecular formula is C10H23N. The van der Waals surface area contributed by atoms with E-state index < -0.39 is 0 Å². The second-order valence-electron chi connectivity index (χ2n) is 4.36. The highest BCUT2D eigenvalue weighted by molar-refractivity contribution is 4.85. The molecule has 1 aliphatic heterocycles. The Balaban J connectivity index is 0.000001000. The molecule has 1 heteroatoms. The van der Waals surface area contributed by atoms with Gasteiger partial charge in [-0.15, -0.1) is 0 Å². The highest BCUT2D eigenvalue weighted by Gasteiger charge is 2.29. The minimum atomic E-state index is 0. The van der Waals surface area contributed by atoms with Crippen LogP contribution in [0.3, 0.4) is 0 Å². The molecule has 0 aromatic rings. The molecule has 11 heavy (non-hydrogen) atoms. The lowest BCUT2D eigenvalue weighted by Gasteiger charge is -2.35. The second kappa shape index (κ2) is 3.57. The van der Waals surface area contributed by atoms with Gasteiger partial charge in [-0.05, 0) is 47.1 Å². The molecule has 0 aromatic carbocycles. The van der Waals surface area contributed by atoms with E-state index in [1.807, 2.05) is 0 Å². The fourth-order valence-corrected chi connectivity index (χ4v) is 1.93. The van der Waals surface area contributed by atoms with E-state index in [0.29, 0.717) is 5.54 Å². The van der Waals surface area contributed by atoms with Crippen molar-refractivity contribution < 1.29 is 0 Å². The zero-order valence-electron chi connectivity index (χ0n) is 7.65. The van der Waals surface area contributed by atoms with Crippen LogP contribution in [0.2, 0.25) is 0 Å². The van der Waals surface area contributed by atoms with Crippen LogP contribution in [0, 0.1) is 0 Å². The molecule has 1 atom stereocenters. The maximum Gasteiger partial charge on any atom is 0.0127 e. The van der Waals surface area contributed by atoms with Gasteiger partial charge in [0.05, 0.1) is 0 Å². The van der Waals surface area contributed by atoms with Crippen molar-refractivity contribution in [1.29, 1.82) is 0 Å². The van der Waals surface area contributed by atoms with Crippen LogP contribution in [0.1, 0.15) is 48.0 Å². The number of hydrogen-bond acceptors (Lipinski definition) is 1. The smallest absolute Gasteiger partial charge is 0.0127 e. The maximum atomic E-state index is 2.59. The van der Waals surface area contributed by atoms with Crippen LogP contribution in [-0.4, -0.2) is 23.0 Å². The van der Waals surface area contributed by atoms with Crippen LogP contribution in [0.15, 0.2) is 0 Å².